The summed E-state index contributed by atoms with van der Waals surface area (Å²) >= 11 is 1.53. The highest BCUT2D eigenvalue weighted by Gasteiger charge is 2.18. The number of aromatic nitrogens is 2. The SMILES string of the molecule is CSCCC(NC(=O)NCCc1ncon1)C(=O)O. The van der Waals surface area contributed by atoms with Crippen molar-refractivity contribution < 1.29 is 19.2 Å². The van der Waals surface area contributed by atoms with Gasteiger partial charge < -0.3 is 20.3 Å². The summed E-state index contributed by atoms with van der Waals surface area (Å²) in [5, 5.41) is 17.5. The molecule has 0 saturated carbocycles. The Hall–Kier alpha value is -1.77. The molecule has 0 aromatic carbocycles. The van der Waals surface area contributed by atoms with E-state index in [1.54, 1.807) is 0 Å². The fraction of sp³-hybridized carbons (Fsp3) is 0.600. The van der Waals surface area contributed by atoms with Gasteiger partial charge in [-0.3, -0.25) is 0 Å². The van der Waals surface area contributed by atoms with Crippen LogP contribution in [0, 0.1) is 0 Å². The first kappa shape index (κ1) is 15.3. The minimum absolute atomic E-state index is 0.306. The van der Waals surface area contributed by atoms with Crippen LogP contribution < -0.4 is 10.6 Å². The number of urea groups is 1. The van der Waals surface area contributed by atoms with Gasteiger partial charge in [0.25, 0.3) is 0 Å². The number of nitrogens with one attached hydrogen (secondary N) is 2. The molecule has 2 amide bonds. The second-order valence-electron chi connectivity index (χ2n) is 3.67. The highest BCUT2D eigenvalue weighted by Crippen LogP contribution is 2.00. The molecule has 106 valence electrons. The number of carboxylic acids is 1. The van der Waals surface area contributed by atoms with Crippen molar-refractivity contribution in [1.82, 2.24) is 20.8 Å². The Labute approximate surface area is 114 Å². The summed E-state index contributed by atoms with van der Waals surface area (Å²) in [6, 6.07) is -1.39. The van der Waals surface area contributed by atoms with Crippen molar-refractivity contribution >= 4 is 23.8 Å². The average molecular weight is 288 g/mol. The van der Waals surface area contributed by atoms with Crippen LogP contribution in [0.4, 0.5) is 4.79 Å². The third-order valence-corrected chi connectivity index (χ3v) is 2.90. The summed E-state index contributed by atoms with van der Waals surface area (Å²) in [6.45, 7) is 0.306. The van der Waals surface area contributed by atoms with E-state index in [4.69, 9.17) is 5.11 Å². The molecule has 0 fully saturated rings. The lowest BCUT2D eigenvalue weighted by atomic mass is 10.2. The number of hydrogen-bond acceptors (Lipinski definition) is 6. The van der Waals surface area contributed by atoms with Gasteiger partial charge in [0.1, 0.15) is 6.04 Å². The number of thioether (sulfide) groups is 1. The highest BCUT2D eigenvalue weighted by atomic mass is 32.2. The predicted octanol–water partition coefficient (Wildman–Crippen LogP) is 0.118. The molecule has 1 atom stereocenters. The molecule has 3 N–H and O–H groups in total. The van der Waals surface area contributed by atoms with Crippen molar-refractivity contribution in [3.05, 3.63) is 12.2 Å². The Bertz CT molecular complexity index is 398. The highest BCUT2D eigenvalue weighted by molar-refractivity contribution is 7.98. The molecule has 0 aliphatic rings. The van der Waals surface area contributed by atoms with E-state index >= 15 is 0 Å². The first-order valence-corrected chi connectivity index (χ1v) is 7.04. The number of rotatable bonds is 8. The number of hydrogen-bond donors (Lipinski definition) is 3. The lowest BCUT2D eigenvalue weighted by Gasteiger charge is -2.14. The molecule has 0 radical (unpaired) electrons. The molecule has 1 aromatic heterocycles. The minimum Gasteiger partial charge on any atom is -0.480 e. The largest absolute Gasteiger partial charge is 0.480 e. The number of carboxylic acid groups (broad SMARTS) is 1. The van der Waals surface area contributed by atoms with E-state index < -0.39 is 18.0 Å². The van der Waals surface area contributed by atoms with E-state index in [0.717, 1.165) is 0 Å². The lowest BCUT2D eigenvalue weighted by molar-refractivity contribution is -0.139. The van der Waals surface area contributed by atoms with Gasteiger partial charge in [-0.25, -0.2) is 9.59 Å². The molecule has 1 rings (SSSR count). The number of carbonyl (C=O) groups excluding carboxylic acids is 1. The van der Waals surface area contributed by atoms with E-state index in [1.807, 2.05) is 6.26 Å². The monoisotopic (exact) mass is 288 g/mol. The van der Waals surface area contributed by atoms with Crippen molar-refractivity contribution in [3.63, 3.8) is 0 Å². The summed E-state index contributed by atoms with van der Waals surface area (Å²) in [6.07, 6.45) is 3.89. The van der Waals surface area contributed by atoms with Crippen LogP contribution in [0.25, 0.3) is 0 Å². The van der Waals surface area contributed by atoms with Gasteiger partial charge in [0.05, 0.1) is 0 Å². The number of aliphatic carboxylic acids is 1. The smallest absolute Gasteiger partial charge is 0.326 e. The molecular weight excluding hydrogens is 272 g/mol. The Morgan fingerprint density at radius 1 is 1.58 bits per heavy atom. The van der Waals surface area contributed by atoms with Crippen molar-refractivity contribution in [1.29, 1.82) is 0 Å². The van der Waals surface area contributed by atoms with Gasteiger partial charge in [-0.05, 0) is 18.4 Å². The number of nitrogens with zero attached hydrogens (tertiary/aromatic N) is 2. The second kappa shape index (κ2) is 8.35. The van der Waals surface area contributed by atoms with E-state index in [-0.39, 0.29) is 0 Å². The molecule has 0 saturated heterocycles. The third kappa shape index (κ3) is 6.09. The first-order valence-electron chi connectivity index (χ1n) is 5.65. The maximum atomic E-state index is 11.5. The Balaban J connectivity index is 2.25. The summed E-state index contributed by atoms with van der Waals surface area (Å²) in [5.41, 5.74) is 0. The van der Waals surface area contributed by atoms with Gasteiger partial charge in [0.15, 0.2) is 5.82 Å². The third-order valence-electron chi connectivity index (χ3n) is 2.26. The second-order valence-corrected chi connectivity index (χ2v) is 4.66. The van der Waals surface area contributed by atoms with Gasteiger partial charge in [0, 0.05) is 13.0 Å². The Kier molecular flexibility index (Phi) is 6.72. The average Bonchev–Trinajstić information content (AvgIpc) is 2.87. The van der Waals surface area contributed by atoms with Crippen molar-refractivity contribution in [3.8, 4) is 0 Å². The maximum absolute atomic E-state index is 11.5. The molecule has 9 heteroatoms. The number of amides is 2. The topological polar surface area (TPSA) is 117 Å². The molecule has 0 spiro atoms. The summed E-state index contributed by atoms with van der Waals surface area (Å²) in [7, 11) is 0. The molecule has 1 aromatic rings. The van der Waals surface area contributed by atoms with Gasteiger partial charge in [0.2, 0.25) is 6.39 Å². The van der Waals surface area contributed by atoms with Crippen LogP contribution >= 0.6 is 11.8 Å². The zero-order valence-electron chi connectivity index (χ0n) is 10.5. The van der Waals surface area contributed by atoms with Gasteiger partial charge in [-0.1, -0.05) is 5.16 Å². The van der Waals surface area contributed by atoms with Crippen LogP contribution in [0.3, 0.4) is 0 Å². The van der Waals surface area contributed by atoms with Crippen molar-refractivity contribution in [2.45, 2.75) is 18.9 Å². The minimum atomic E-state index is -1.04. The summed E-state index contributed by atoms with van der Waals surface area (Å²) in [4.78, 5) is 26.2. The molecule has 8 nitrogen and oxygen atoms in total. The summed E-state index contributed by atoms with van der Waals surface area (Å²) in [5.74, 6) is 0.111. The fourth-order valence-electron chi connectivity index (χ4n) is 1.29. The number of carbonyl (C=O) groups is 2. The van der Waals surface area contributed by atoms with Crippen molar-refractivity contribution in [2.24, 2.45) is 0 Å². The lowest BCUT2D eigenvalue weighted by Crippen LogP contribution is -2.46. The fourth-order valence-corrected chi connectivity index (χ4v) is 1.76. The molecule has 0 aliphatic carbocycles. The van der Waals surface area contributed by atoms with Crippen LogP contribution in [0.1, 0.15) is 12.2 Å². The standard InChI is InChI=1S/C10H16N4O4S/c1-19-5-3-7(9(15)16)13-10(17)11-4-2-8-12-6-18-14-8/h6-7H,2-5H2,1H3,(H,15,16)(H2,11,13,17). The first-order chi connectivity index (χ1) is 9.13. The van der Waals surface area contributed by atoms with E-state index in [2.05, 4.69) is 25.3 Å². The Morgan fingerprint density at radius 2 is 2.37 bits per heavy atom. The molecule has 1 unspecified atom stereocenters. The van der Waals surface area contributed by atoms with Gasteiger partial charge in [-0.2, -0.15) is 16.7 Å². The van der Waals surface area contributed by atoms with Gasteiger partial charge >= 0.3 is 12.0 Å². The molecule has 0 bridgehead atoms. The van der Waals surface area contributed by atoms with Crippen LogP contribution in [-0.4, -0.2) is 51.8 Å². The van der Waals surface area contributed by atoms with E-state index in [9.17, 15) is 9.59 Å². The maximum Gasteiger partial charge on any atom is 0.326 e. The van der Waals surface area contributed by atoms with Crippen LogP contribution in [0.15, 0.2) is 10.9 Å². The normalized spacial score (nSPS) is 11.8. The van der Waals surface area contributed by atoms with Crippen LogP contribution in [-0.2, 0) is 11.2 Å². The zero-order valence-corrected chi connectivity index (χ0v) is 11.3. The van der Waals surface area contributed by atoms with Gasteiger partial charge in [-0.15, -0.1) is 0 Å². The Morgan fingerprint density at radius 3 is 2.95 bits per heavy atom. The zero-order chi connectivity index (χ0) is 14.1. The quantitative estimate of drug-likeness (QED) is 0.621. The molecule has 1 heterocycles. The van der Waals surface area contributed by atoms with Crippen molar-refractivity contribution in [2.75, 3.05) is 18.6 Å². The molecule has 19 heavy (non-hydrogen) atoms. The molecule has 0 aliphatic heterocycles. The summed E-state index contributed by atoms with van der Waals surface area (Å²) < 4.78 is 4.54. The molecular formula is C10H16N4O4S. The van der Waals surface area contributed by atoms with E-state index in [0.29, 0.717) is 31.0 Å². The van der Waals surface area contributed by atoms with Crippen LogP contribution in [0.2, 0.25) is 0 Å². The predicted molar refractivity (Wildman–Crippen MR) is 69.0 cm³/mol. The van der Waals surface area contributed by atoms with Crippen LogP contribution in [0.5, 0.6) is 0 Å². The van der Waals surface area contributed by atoms with E-state index in [1.165, 1.54) is 18.2 Å².